The molecule has 0 saturated heterocycles. The fraction of sp³-hybridized carbons (Fsp3) is 1.00. The molecule has 12 heavy (non-hydrogen) atoms. The first-order valence-corrected chi connectivity index (χ1v) is 6.46. The van der Waals surface area contributed by atoms with E-state index in [2.05, 4.69) is 25.4 Å². The lowest BCUT2D eigenvalue weighted by atomic mass is 10.1. The second kappa shape index (κ2) is 9.40. The minimum Gasteiger partial charge on any atom is -0.314 e. The average molecular weight is 189 g/mol. The van der Waals surface area contributed by atoms with Crippen molar-refractivity contribution < 1.29 is 0 Å². The van der Waals surface area contributed by atoms with E-state index in [4.69, 9.17) is 0 Å². The molecule has 0 aliphatic rings. The molecule has 0 aromatic rings. The number of thioether (sulfide) groups is 1. The molecule has 0 aliphatic carbocycles. The Morgan fingerprint density at radius 2 is 1.83 bits per heavy atom. The van der Waals surface area contributed by atoms with Crippen molar-refractivity contribution in [1.29, 1.82) is 0 Å². The number of hydrogen-bond donors (Lipinski definition) is 1. The first kappa shape index (κ1) is 12.3. The summed E-state index contributed by atoms with van der Waals surface area (Å²) in [6.07, 6.45) is 7.39. The lowest BCUT2D eigenvalue weighted by Crippen LogP contribution is -2.28. The van der Waals surface area contributed by atoms with Crippen molar-refractivity contribution in [3.63, 3.8) is 0 Å². The van der Waals surface area contributed by atoms with Crippen LogP contribution >= 0.6 is 11.8 Å². The molecule has 74 valence electrons. The van der Waals surface area contributed by atoms with Gasteiger partial charge in [0.05, 0.1) is 0 Å². The highest BCUT2D eigenvalue weighted by molar-refractivity contribution is 7.98. The Morgan fingerprint density at radius 1 is 1.17 bits per heavy atom. The Hall–Kier alpha value is 0.310. The predicted molar refractivity (Wildman–Crippen MR) is 60.0 cm³/mol. The summed E-state index contributed by atoms with van der Waals surface area (Å²) in [6.45, 7) is 5.71. The van der Waals surface area contributed by atoms with E-state index in [0.29, 0.717) is 0 Å². The SMILES string of the molecule is CCC(CC)NCCCCSC. The summed E-state index contributed by atoms with van der Waals surface area (Å²) in [5.74, 6) is 1.31. The fourth-order valence-electron chi connectivity index (χ4n) is 1.25. The smallest absolute Gasteiger partial charge is 0.00618 e. The standard InChI is InChI=1S/C10H23NS/c1-4-10(5-2)11-8-6-7-9-12-3/h10-11H,4-9H2,1-3H3. The fourth-order valence-corrected chi connectivity index (χ4v) is 1.75. The number of unbranched alkanes of at least 4 members (excludes halogenated alkanes) is 1. The molecule has 0 rings (SSSR count). The third kappa shape index (κ3) is 6.99. The summed E-state index contributed by atoms with van der Waals surface area (Å²) in [5.41, 5.74) is 0. The lowest BCUT2D eigenvalue weighted by molar-refractivity contribution is 0.478. The van der Waals surface area contributed by atoms with Crippen molar-refractivity contribution in [3.05, 3.63) is 0 Å². The van der Waals surface area contributed by atoms with Crippen LogP contribution in [0.3, 0.4) is 0 Å². The van der Waals surface area contributed by atoms with Crippen molar-refractivity contribution in [3.8, 4) is 0 Å². The van der Waals surface area contributed by atoms with Crippen LogP contribution < -0.4 is 5.32 Å². The second-order valence-corrected chi connectivity index (χ2v) is 4.15. The van der Waals surface area contributed by atoms with Gasteiger partial charge in [-0.15, -0.1) is 0 Å². The van der Waals surface area contributed by atoms with Gasteiger partial charge >= 0.3 is 0 Å². The number of hydrogen-bond acceptors (Lipinski definition) is 2. The molecular formula is C10H23NS. The van der Waals surface area contributed by atoms with Gasteiger partial charge < -0.3 is 5.32 Å². The summed E-state index contributed by atoms with van der Waals surface area (Å²) in [5, 5.41) is 3.57. The van der Waals surface area contributed by atoms with Crippen LogP contribution in [0.15, 0.2) is 0 Å². The highest BCUT2D eigenvalue weighted by Crippen LogP contribution is 2.00. The van der Waals surface area contributed by atoms with E-state index in [-0.39, 0.29) is 0 Å². The van der Waals surface area contributed by atoms with E-state index in [9.17, 15) is 0 Å². The molecular weight excluding hydrogens is 166 g/mol. The van der Waals surface area contributed by atoms with Gasteiger partial charge in [-0.3, -0.25) is 0 Å². The van der Waals surface area contributed by atoms with E-state index in [1.54, 1.807) is 0 Å². The van der Waals surface area contributed by atoms with Crippen LogP contribution in [0.1, 0.15) is 39.5 Å². The predicted octanol–water partition coefficient (Wildman–Crippen LogP) is 2.91. The van der Waals surface area contributed by atoms with Crippen LogP contribution in [-0.4, -0.2) is 24.6 Å². The van der Waals surface area contributed by atoms with Gasteiger partial charge in [0, 0.05) is 6.04 Å². The third-order valence-corrected chi connectivity index (χ3v) is 2.89. The quantitative estimate of drug-likeness (QED) is 0.589. The van der Waals surface area contributed by atoms with Crippen LogP contribution in [0.4, 0.5) is 0 Å². The zero-order chi connectivity index (χ0) is 9.23. The lowest BCUT2D eigenvalue weighted by Gasteiger charge is -2.13. The minimum atomic E-state index is 0.749. The van der Waals surface area contributed by atoms with Gasteiger partial charge in [0.25, 0.3) is 0 Å². The van der Waals surface area contributed by atoms with Crippen molar-refractivity contribution in [2.45, 2.75) is 45.6 Å². The Morgan fingerprint density at radius 3 is 2.33 bits per heavy atom. The summed E-state index contributed by atoms with van der Waals surface area (Å²) in [6, 6.07) is 0.749. The molecule has 0 spiro atoms. The summed E-state index contributed by atoms with van der Waals surface area (Å²) < 4.78 is 0. The highest BCUT2D eigenvalue weighted by Gasteiger charge is 1.99. The van der Waals surface area contributed by atoms with Gasteiger partial charge in [0.1, 0.15) is 0 Å². The molecule has 2 heteroatoms. The molecule has 0 fully saturated rings. The number of rotatable bonds is 8. The van der Waals surface area contributed by atoms with Crippen molar-refractivity contribution in [1.82, 2.24) is 5.32 Å². The Bertz CT molecular complexity index is 81.9. The van der Waals surface area contributed by atoms with E-state index >= 15 is 0 Å². The molecule has 0 heterocycles. The second-order valence-electron chi connectivity index (χ2n) is 3.17. The maximum absolute atomic E-state index is 3.57. The molecule has 0 amide bonds. The average Bonchev–Trinajstić information content (AvgIpc) is 2.11. The van der Waals surface area contributed by atoms with Crippen LogP contribution in [0.5, 0.6) is 0 Å². The number of nitrogens with one attached hydrogen (secondary N) is 1. The summed E-state index contributed by atoms with van der Waals surface area (Å²) >= 11 is 1.94. The van der Waals surface area contributed by atoms with E-state index in [1.807, 2.05) is 11.8 Å². The summed E-state index contributed by atoms with van der Waals surface area (Å²) in [4.78, 5) is 0. The molecule has 0 saturated carbocycles. The molecule has 1 nitrogen and oxygen atoms in total. The first-order valence-electron chi connectivity index (χ1n) is 5.07. The maximum Gasteiger partial charge on any atom is 0.00618 e. The molecule has 0 aromatic heterocycles. The van der Waals surface area contributed by atoms with E-state index in [1.165, 1.54) is 38.0 Å². The van der Waals surface area contributed by atoms with Gasteiger partial charge in [0.2, 0.25) is 0 Å². The van der Waals surface area contributed by atoms with Gasteiger partial charge in [-0.25, -0.2) is 0 Å². The topological polar surface area (TPSA) is 12.0 Å². The van der Waals surface area contributed by atoms with Gasteiger partial charge in [-0.1, -0.05) is 13.8 Å². The monoisotopic (exact) mass is 189 g/mol. The summed E-state index contributed by atoms with van der Waals surface area (Å²) in [7, 11) is 0. The van der Waals surface area contributed by atoms with Crippen LogP contribution in [0, 0.1) is 0 Å². The highest BCUT2D eigenvalue weighted by atomic mass is 32.2. The van der Waals surface area contributed by atoms with Crippen LogP contribution in [-0.2, 0) is 0 Å². The third-order valence-electron chi connectivity index (χ3n) is 2.19. The Labute approximate surface area is 81.7 Å². The largest absolute Gasteiger partial charge is 0.314 e. The van der Waals surface area contributed by atoms with Crippen molar-refractivity contribution in [2.75, 3.05) is 18.6 Å². The maximum atomic E-state index is 3.57. The molecule has 0 aliphatic heterocycles. The van der Waals surface area contributed by atoms with Gasteiger partial charge in [-0.05, 0) is 44.2 Å². The Balaban J connectivity index is 3.06. The molecule has 0 aromatic carbocycles. The first-order chi connectivity index (χ1) is 5.85. The molecule has 1 N–H and O–H groups in total. The van der Waals surface area contributed by atoms with Gasteiger partial charge in [0.15, 0.2) is 0 Å². The van der Waals surface area contributed by atoms with Crippen LogP contribution in [0.25, 0.3) is 0 Å². The minimum absolute atomic E-state index is 0.749. The van der Waals surface area contributed by atoms with Crippen molar-refractivity contribution in [2.24, 2.45) is 0 Å². The molecule has 0 unspecified atom stereocenters. The molecule has 0 bridgehead atoms. The van der Waals surface area contributed by atoms with Gasteiger partial charge in [-0.2, -0.15) is 11.8 Å². The van der Waals surface area contributed by atoms with Crippen LogP contribution in [0.2, 0.25) is 0 Å². The van der Waals surface area contributed by atoms with E-state index in [0.717, 1.165) is 6.04 Å². The zero-order valence-electron chi connectivity index (χ0n) is 8.73. The molecule has 0 radical (unpaired) electrons. The zero-order valence-corrected chi connectivity index (χ0v) is 9.54. The Kier molecular flexibility index (Phi) is 9.64. The van der Waals surface area contributed by atoms with E-state index < -0.39 is 0 Å². The van der Waals surface area contributed by atoms with Crippen molar-refractivity contribution >= 4 is 11.8 Å². The normalized spacial score (nSPS) is 11.0. The molecule has 0 atom stereocenters.